The quantitative estimate of drug-likeness (QED) is 0.587. The maximum Gasteiger partial charge on any atom is 0.233 e. The lowest BCUT2D eigenvalue weighted by Crippen LogP contribution is -2.34. The Morgan fingerprint density at radius 1 is 1.60 bits per heavy atom. The molecule has 0 aromatic carbocycles. The first-order chi connectivity index (χ1) is 7.01. The third-order valence-electron chi connectivity index (χ3n) is 1.63. The number of imidazole rings is 1. The van der Waals surface area contributed by atoms with Gasteiger partial charge >= 0.3 is 0 Å². The molecule has 84 valence electrons. The first-order valence-corrected chi connectivity index (χ1v) is 4.90. The fourth-order valence-electron chi connectivity index (χ4n) is 1.12. The second kappa shape index (κ2) is 4.93. The number of hydroxylamine groups is 2. The Hall–Kier alpha value is -1.36. The summed E-state index contributed by atoms with van der Waals surface area (Å²) in [6.07, 6.45) is 4.78. The van der Waals surface area contributed by atoms with Crippen LogP contribution < -0.4 is 0 Å². The number of nitrogens with one attached hydrogen (secondary N) is 1. The van der Waals surface area contributed by atoms with Crippen molar-refractivity contribution in [2.75, 3.05) is 6.54 Å². The van der Waals surface area contributed by atoms with Gasteiger partial charge in [-0.2, -0.15) is 0 Å². The van der Waals surface area contributed by atoms with Crippen molar-refractivity contribution in [2.24, 2.45) is 0 Å². The number of hydrogen-bond donors (Lipinski definition) is 1. The molecule has 0 spiro atoms. The van der Waals surface area contributed by atoms with Crippen molar-refractivity contribution in [3.05, 3.63) is 18.2 Å². The van der Waals surface area contributed by atoms with Crippen molar-refractivity contribution < 1.29 is 9.63 Å². The highest BCUT2D eigenvalue weighted by Crippen LogP contribution is 2.09. The van der Waals surface area contributed by atoms with Gasteiger partial charge in [-0.05, 0) is 20.8 Å². The fraction of sp³-hybridized carbons (Fsp3) is 0.600. The summed E-state index contributed by atoms with van der Waals surface area (Å²) in [5.74, 6) is 0.847. The highest BCUT2D eigenvalue weighted by Gasteiger charge is 2.15. The van der Waals surface area contributed by atoms with Crippen molar-refractivity contribution in [1.29, 1.82) is 0 Å². The molecular weight excluding hydrogens is 194 g/mol. The minimum Gasteiger partial charge on any atom is -0.349 e. The molecule has 0 saturated carbocycles. The second-order valence-corrected chi connectivity index (χ2v) is 4.24. The first kappa shape index (κ1) is 11.7. The van der Waals surface area contributed by atoms with Crippen molar-refractivity contribution >= 4 is 6.41 Å². The number of H-pyrrole nitrogens is 1. The van der Waals surface area contributed by atoms with E-state index in [0.29, 0.717) is 19.4 Å². The molecule has 1 amide bonds. The van der Waals surface area contributed by atoms with Crippen molar-refractivity contribution in [3.63, 3.8) is 0 Å². The fourth-order valence-corrected chi connectivity index (χ4v) is 1.12. The van der Waals surface area contributed by atoms with Gasteiger partial charge in [0.15, 0.2) is 0 Å². The predicted octanol–water partition coefficient (Wildman–Crippen LogP) is 1.14. The molecule has 0 aliphatic carbocycles. The molecule has 0 unspecified atom stereocenters. The molecule has 1 heterocycles. The highest BCUT2D eigenvalue weighted by molar-refractivity contribution is 5.45. The predicted molar refractivity (Wildman–Crippen MR) is 55.9 cm³/mol. The molecule has 5 nitrogen and oxygen atoms in total. The van der Waals surface area contributed by atoms with Crippen LogP contribution in [-0.2, 0) is 16.1 Å². The van der Waals surface area contributed by atoms with Crippen LogP contribution in [0.25, 0.3) is 0 Å². The Balaban J connectivity index is 2.38. The summed E-state index contributed by atoms with van der Waals surface area (Å²) in [5.41, 5.74) is -0.357. The van der Waals surface area contributed by atoms with Crippen LogP contribution in [0.15, 0.2) is 12.4 Å². The van der Waals surface area contributed by atoms with Gasteiger partial charge in [-0.15, -0.1) is 0 Å². The van der Waals surface area contributed by atoms with E-state index in [2.05, 4.69) is 9.97 Å². The van der Waals surface area contributed by atoms with E-state index in [4.69, 9.17) is 4.84 Å². The van der Waals surface area contributed by atoms with Gasteiger partial charge in [-0.1, -0.05) is 0 Å². The van der Waals surface area contributed by atoms with Crippen LogP contribution in [0, 0.1) is 0 Å². The molecule has 15 heavy (non-hydrogen) atoms. The molecule has 0 bridgehead atoms. The van der Waals surface area contributed by atoms with E-state index in [0.717, 1.165) is 5.82 Å². The molecular formula is C10H17N3O2. The number of carbonyl (C=O) groups excluding carboxylic acids is 1. The Bertz CT molecular complexity index is 290. The number of aromatic amines is 1. The number of rotatable bonds is 5. The minimum absolute atomic E-state index is 0.357. The molecule has 0 atom stereocenters. The Labute approximate surface area is 89.4 Å². The molecule has 1 aromatic heterocycles. The second-order valence-electron chi connectivity index (χ2n) is 4.24. The topological polar surface area (TPSA) is 58.2 Å². The molecule has 0 fully saturated rings. The van der Waals surface area contributed by atoms with Crippen LogP contribution in [0.4, 0.5) is 0 Å². The van der Waals surface area contributed by atoms with Gasteiger partial charge in [-0.3, -0.25) is 9.63 Å². The summed E-state index contributed by atoms with van der Waals surface area (Å²) >= 11 is 0. The summed E-state index contributed by atoms with van der Waals surface area (Å²) in [6, 6.07) is 0. The van der Waals surface area contributed by atoms with Crippen LogP contribution >= 0.6 is 0 Å². The molecule has 5 heteroatoms. The smallest absolute Gasteiger partial charge is 0.233 e. The van der Waals surface area contributed by atoms with E-state index < -0.39 is 0 Å². The van der Waals surface area contributed by atoms with Gasteiger partial charge in [0.05, 0.1) is 12.1 Å². The molecule has 0 saturated heterocycles. The third-order valence-corrected chi connectivity index (χ3v) is 1.63. The minimum atomic E-state index is -0.357. The van der Waals surface area contributed by atoms with Gasteiger partial charge in [0.25, 0.3) is 0 Å². The molecule has 1 aromatic rings. The van der Waals surface area contributed by atoms with Crippen LogP contribution in [-0.4, -0.2) is 33.6 Å². The Morgan fingerprint density at radius 3 is 2.80 bits per heavy atom. The molecule has 0 radical (unpaired) electrons. The normalized spacial score (nSPS) is 11.4. The van der Waals surface area contributed by atoms with Gasteiger partial charge in [-0.25, -0.2) is 10.0 Å². The SMILES string of the molecule is CC(C)(C)ON(C=O)CCc1ncc[nH]1. The van der Waals surface area contributed by atoms with Crippen molar-refractivity contribution in [1.82, 2.24) is 15.0 Å². The summed E-state index contributed by atoms with van der Waals surface area (Å²) in [4.78, 5) is 23.2. The van der Waals surface area contributed by atoms with Crippen molar-refractivity contribution in [2.45, 2.75) is 32.8 Å². The average molecular weight is 211 g/mol. The third kappa shape index (κ3) is 4.60. The van der Waals surface area contributed by atoms with E-state index in [-0.39, 0.29) is 5.60 Å². The molecule has 1 rings (SSSR count). The zero-order valence-electron chi connectivity index (χ0n) is 9.36. The number of nitrogens with zero attached hydrogens (tertiary/aromatic N) is 2. The van der Waals surface area contributed by atoms with E-state index >= 15 is 0 Å². The summed E-state index contributed by atoms with van der Waals surface area (Å²) < 4.78 is 0. The van der Waals surface area contributed by atoms with E-state index in [1.54, 1.807) is 12.4 Å². The lowest BCUT2D eigenvalue weighted by molar-refractivity contribution is -0.215. The standard InChI is InChI=1S/C10H17N3O2/c1-10(2,3)15-13(8-14)7-4-9-11-5-6-12-9/h5-6,8H,4,7H2,1-3H3,(H,11,12). The van der Waals surface area contributed by atoms with Gasteiger partial charge in [0.1, 0.15) is 5.82 Å². The maximum atomic E-state index is 10.7. The van der Waals surface area contributed by atoms with Gasteiger partial charge < -0.3 is 4.98 Å². The summed E-state index contributed by atoms with van der Waals surface area (Å²) in [5, 5.41) is 1.29. The molecule has 1 N–H and O–H groups in total. The number of hydrogen-bond acceptors (Lipinski definition) is 3. The average Bonchev–Trinajstić information content (AvgIpc) is 2.62. The van der Waals surface area contributed by atoms with Gasteiger partial charge in [0, 0.05) is 18.8 Å². The molecule has 0 aliphatic heterocycles. The number of amides is 1. The van der Waals surface area contributed by atoms with Crippen LogP contribution in [0.5, 0.6) is 0 Å². The lowest BCUT2D eigenvalue weighted by atomic mass is 10.2. The highest BCUT2D eigenvalue weighted by atomic mass is 16.7. The van der Waals surface area contributed by atoms with E-state index in [1.165, 1.54) is 5.06 Å². The first-order valence-electron chi connectivity index (χ1n) is 4.90. The van der Waals surface area contributed by atoms with Gasteiger partial charge in [0.2, 0.25) is 6.41 Å². The zero-order valence-corrected chi connectivity index (χ0v) is 9.36. The largest absolute Gasteiger partial charge is 0.349 e. The summed E-state index contributed by atoms with van der Waals surface area (Å²) in [7, 11) is 0. The Kier molecular flexibility index (Phi) is 3.85. The van der Waals surface area contributed by atoms with E-state index in [9.17, 15) is 4.79 Å². The van der Waals surface area contributed by atoms with Crippen molar-refractivity contribution in [3.8, 4) is 0 Å². The number of carbonyl (C=O) groups is 1. The van der Waals surface area contributed by atoms with Crippen LogP contribution in [0.1, 0.15) is 26.6 Å². The van der Waals surface area contributed by atoms with E-state index in [1.807, 2.05) is 20.8 Å². The maximum absolute atomic E-state index is 10.7. The van der Waals surface area contributed by atoms with Crippen LogP contribution in [0.2, 0.25) is 0 Å². The molecule has 0 aliphatic rings. The zero-order chi connectivity index (χ0) is 11.3. The van der Waals surface area contributed by atoms with Crippen LogP contribution in [0.3, 0.4) is 0 Å². The summed E-state index contributed by atoms with van der Waals surface area (Å²) in [6.45, 7) is 6.19. The lowest BCUT2D eigenvalue weighted by Gasteiger charge is -2.26. The monoisotopic (exact) mass is 211 g/mol. The number of aromatic nitrogens is 2. The Morgan fingerprint density at radius 2 is 2.33 bits per heavy atom.